The maximum absolute atomic E-state index is 13.6. The largest absolute Gasteiger partial charge is 0.497 e. The number of benzene rings is 1. The number of hydrogen-bond donors (Lipinski definition) is 2. The van der Waals surface area contributed by atoms with Gasteiger partial charge in [-0.2, -0.15) is 35.8 Å². The second-order valence-corrected chi connectivity index (χ2v) is 7.54. The summed E-state index contributed by atoms with van der Waals surface area (Å²) >= 11 is 0. The summed E-state index contributed by atoms with van der Waals surface area (Å²) in [6.45, 7) is 1.44. The third kappa shape index (κ3) is 4.82. The number of hydrazone groups is 1. The Morgan fingerprint density at radius 3 is 2.23 bits per heavy atom. The Bertz CT molecular complexity index is 1150. The fourth-order valence-corrected chi connectivity index (χ4v) is 3.37. The van der Waals surface area contributed by atoms with Gasteiger partial charge in [0.05, 0.1) is 12.8 Å². The summed E-state index contributed by atoms with van der Waals surface area (Å²) in [6.07, 6.45) is -5.98. The summed E-state index contributed by atoms with van der Waals surface area (Å²) in [5, 5.41) is 5.94. The first-order valence-corrected chi connectivity index (χ1v) is 9.98. The molecule has 2 N–H and O–H groups in total. The molecular formula is C21H18F7N3O4. The van der Waals surface area contributed by atoms with E-state index in [1.165, 1.54) is 14.0 Å². The maximum Gasteiger partial charge on any atom is 0.460 e. The van der Waals surface area contributed by atoms with Crippen molar-refractivity contribution >= 4 is 23.2 Å². The van der Waals surface area contributed by atoms with E-state index < -0.39 is 29.8 Å². The number of fused-ring (bicyclic) bond motifs is 1. The standard InChI is InChI=1S/C21H18F7N3O4/c1-10-15-13(30-31-18(33)19(22,23)20(24,25)21(26,27)28)4-3-5-14(15)35-16(10)17(32)29-11-6-8-12(34-2)9-7-11/h6-9H,3-5H2,1-2H3,(H,29,32)(H,31,33)/b30-13+. The van der Waals surface area contributed by atoms with Crippen molar-refractivity contribution in [3.05, 3.63) is 46.9 Å². The number of nitrogens with zero attached hydrogens (tertiary/aromatic N) is 1. The van der Waals surface area contributed by atoms with Crippen LogP contribution in [0, 0.1) is 6.92 Å². The Morgan fingerprint density at radius 1 is 1.03 bits per heavy atom. The van der Waals surface area contributed by atoms with E-state index in [1.807, 2.05) is 0 Å². The number of rotatable bonds is 6. The number of carbonyl (C=O) groups excluding carboxylic acids is 2. The smallest absolute Gasteiger partial charge is 0.460 e. The predicted molar refractivity (Wildman–Crippen MR) is 108 cm³/mol. The van der Waals surface area contributed by atoms with E-state index >= 15 is 0 Å². The van der Waals surface area contributed by atoms with Crippen molar-refractivity contribution < 1.29 is 49.5 Å². The molecule has 35 heavy (non-hydrogen) atoms. The Morgan fingerprint density at radius 2 is 1.66 bits per heavy atom. The van der Waals surface area contributed by atoms with Gasteiger partial charge >= 0.3 is 23.9 Å². The summed E-state index contributed by atoms with van der Waals surface area (Å²) in [7, 11) is 1.47. The van der Waals surface area contributed by atoms with Crippen LogP contribution in [0.15, 0.2) is 33.8 Å². The van der Waals surface area contributed by atoms with Crippen LogP contribution in [0.5, 0.6) is 5.75 Å². The number of carbonyl (C=O) groups is 2. The van der Waals surface area contributed by atoms with Crippen LogP contribution >= 0.6 is 0 Å². The van der Waals surface area contributed by atoms with Crippen molar-refractivity contribution in [3.63, 3.8) is 0 Å². The summed E-state index contributed by atoms with van der Waals surface area (Å²) in [6, 6.07) is 6.32. The normalized spacial score (nSPS) is 15.5. The highest BCUT2D eigenvalue weighted by Gasteiger charge is 2.76. The van der Waals surface area contributed by atoms with Crippen molar-refractivity contribution in [2.75, 3.05) is 12.4 Å². The second kappa shape index (κ2) is 9.23. The van der Waals surface area contributed by atoms with Crippen molar-refractivity contribution in [2.24, 2.45) is 5.10 Å². The van der Waals surface area contributed by atoms with Crippen LogP contribution in [0.2, 0.25) is 0 Å². The second-order valence-electron chi connectivity index (χ2n) is 7.54. The van der Waals surface area contributed by atoms with Gasteiger partial charge in [-0.3, -0.25) is 9.59 Å². The third-order valence-corrected chi connectivity index (χ3v) is 5.21. The topological polar surface area (TPSA) is 92.9 Å². The van der Waals surface area contributed by atoms with Crippen LogP contribution in [0.25, 0.3) is 0 Å². The molecule has 0 fully saturated rings. The molecule has 190 valence electrons. The summed E-state index contributed by atoms with van der Waals surface area (Å²) in [5.74, 6) is -15.7. The van der Waals surface area contributed by atoms with Crippen LogP contribution in [0.3, 0.4) is 0 Å². The number of alkyl halides is 7. The molecular weight excluding hydrogens is 491 g/mol. The van der Waals surface area contributed by atoms with Gasteiger partial charge in [0, 0.05) is 23.2 Å². The van der Waals surface area contributed by atoms with E-state index in [4.69, 9.17) is 9.15 Å². The fraction of sp³-hybridized carbons (Fsp3) is 0.381. The lowest BCUT2D eigenvalue weighted by Gasteiger charge is -2.26. The van der Waals surface area contributed by atoms with Crippen LogP contribution in [0.4, 0.5) is 36.4 Å². The highest BCUT2D eigenvalue weighted by Crippen LogP contribution is 2.46. The Kier molecular flexibility index (Phi) is 6.86. The molecule has 1 aromatic heterocycles. The minimum absolute atomic E-state index is 0.0500. The van der Waals surface area contributed by atoms with Gasteiger partial charge in [-0.15, -0.1) is 0 Å². The van der Waals surface area contributed by atoms with E-state index in [0.29, 0.717) is 24.3 Å². The number of amides is 2. The van der Waals surface area contributed by atoms with Crippen LogP contribution in [-0.2, 0) is 11.2 Å². The van der Waals surface area contributed by atoms with Crippen molar-refractivity contribution in [3.8, 4) is 5.75 Å². The van der Waals surface area contributed by atoms with Gasteiger partial charge in [0.25, 0.3) is 5.91 Å². The molecule has 0 aliphatic heterocycles. The summed E-state index contributed by atoms with van der Waals surface area (Å²) in [4.78, 5) is 24.2. The Labute approximate surface area is 193 Å². The molecule has 0 atom stereocenters. The summed E-state index contributed by atoms with van der Waals surface area (Å²) in [5.41, 5.74) is 1.76. The number of furan rings is 1. The zero-order chi connectivity index (χ0) is 26.2. The first-order chi connectivity index (χ1) is 16.2. The van der Waals surface area contributed by atoms with Gasteiger partial charge < -0.3 is 14.5 Å². The minimum Gasteiger partial charge on any atom is -0.497 e. The summed E-state index contributed by atoms with van der Waals surface area (Å²) < 4.78 is 101. The SMILES string of the molecule is COc1ccc(NC(=O)c2oc3c(c2C)/C(=N/NC(=O)C(F)(F)C(F)(F)C(F)(F)F)CCC3)cc1. The molecule has 0 spiro atoms. The average molecular weight is 509 g/mol. The molecule has 1 aliphatic rings. The molecule has 0 bridgehead atoms. The van der Waals surface area contributed by atoms with Gasteiger partial charge in [0.2, 0.25) is 0 Å². The highest BCUT2D eigenvalue weighted by atomic mass is 19.4. The monoisotopic (exact) mass is 509 g/mol. The first-order valence-electron chi connectivity index (χ1n) is 9.98. The molecule has 0 saturated carbocycles. The lowest BCUT2D eigenvalue weighted by atomic mass is 9.93. The molecule has 0 unspecified atom stereocenters. The van der Waals surface area contributed by atoms with Gasteiger partial charge in [0.15, 0.2) is 5.76 Å². The maximum atomic E-state index is 13.6. The number of methoxy groups -OCH3 is 1. The van der Waals surface area contributed by atoms with Gasteiger partial charge in [0.1, 0.15) is 11.5 Å². The zero-order valence-corrected chi connectivity index (χ0v) is 18.2. The molecule has 1 aromatic carbocycles. The van der Waals surface area contributed by atoms with Crippen molar-refractivity contribution in [1.29, 1.82) is 0 Å². The fourth-order valence-electron chi connectivity index (χ4n) is 3.37. The number of hydrogen-bond acceptors (Lipinski definition) is 5. The van der Waals surface area contributed by atoms with Crippen LogP contribution in [0.1, 0.15) is 40.3 Å². The average Bonchev–Trinajstić information content (AvgIpc) is 3.14. The number of aryl methyl sites for hydroxylation is 1. The Balaban J connectivity index is 1.83. The van der Waals surface area contributed by atoms with Gasteiger partial charge in [-0.25, -0.2) is 5.43 Å². The van der Waals surface area contributed by atoms with E-state index in [9.17, 15) is 40.3 Å². The van der Waals surface area contributed by atoms with Crippen LogP contribution in [-0.4, -0.2) is 42.7 Å². The number of ether oxygens (including phenoxy) is 1. The molecule has 2 amide bonds. The quantitative estimate of drug-likeness (QED) is 0.431. The molecule has 3 rings (SSSR count). The van der Waals surface area contributed by atoms with Gasteiger partial charge in [-0.1, -0.05) is 0 Å². The molecule has 7 nitrogen and oxygen atoms in total. The predicted octanol–water partition coefficient (Wildman–Crippen LogP) is 4.84. The number of anilines is 1. The van der Waals surface area contributed by atoms with Crippen molar-refractivity contribution in [2.45, 2.75) is 44.2 Å². The molecule has 14 heteroatoms. The molecule has 1 heterocycles. The van der Waals surface area contributed by atoms with Gasteiger partial charge in [-0.05, 0) is 44.0 Å². The Hall–Kier alpha value is -3.58. The highest BCUT2D eigenvalue weighted by molar-refractivity contribution is 6.09. The molecule has 2 aromatic rings. The first kappa shape index (κ1) is 26.0. The lowest BCUT2D eigenvalue weighted by molar-refractivity contribution is -0.344. The van der Waals surface area contributed by atoms with E-state index in [-0.39, 0.29) is 34.8 Å². The molecule has 0 saturated heterocycles. The zero-order valence-electron chi connectivity index (χ0n) is 18.2. The molecule has 1 aliphatic carbocycles. The molecule has 0 radical (unpaired) electrons. The van der Waals surface area contributed by atoms with E-state index in [2.05, 4.69) is 10.4 Å². The van der Waals surface area contributed by atoms with E-state index in [0.717, 1.165) is 5.43 Å². The number of halogens is 7. The van der Waals surface area contributed by atoms with E-state index in [1.54, 1.807) is 24.3 Å². The lowest BCUT2D eigenvalue weighted by Crippen LogP contribution is -2.58. The number of nitrogens with one attached hydrogen (secondary N) is 2. The third-order valence-electron chi connectivity index (χ3n) is 5.21. The van der Waals surface area contributed by atoms with Crippen molar-refractivity contribution in [1.82, 2.24) is 5.43 Å². The van der Waals surface area contributed by atoms with Crippen LogP contribution < -0.4 is 15.5 Å². The minimum atomic E-state index is -6.66.